The summed E-state index contributed by atoms with van der Waals surface area (Å²) in [4.78, 5) is 16.6. The number of hydrogen-bond acceptors (Lipinski definition) is 4. The first-order chi connectivity index (χ1) is 11.2. The topological polar surface area (TPSA) is 69.0 Å². The number of nitrogens with one attached hydrogen (secondary N) is 1. The lowest BCUT2D eigenvalue weighted by Gasteiger charge is -2.19. The van der Waals surface area contributed by atoms with Crippen molar-refractivity contribution in [2.75, 3.05) is 13.2 Å². The molecule has 1 saturated heterocycles. The predicted octanol–water partition coefficient (Wildman–Crippen LogP) is 1.59. The average Bonchev–Trinajstić information content (AvgIpc) is 3.15. The standard InChI is InChI=1S/C17H22N4O2/c1-3-21-9-15(12(2)20-21)17(22)19-16-11-23-10-14(16)8-13-4-6-18-7-5-13/h4-7,9,14,16H,3,8,10-11H2,1-2H3,(H,19,22). The molecule has 2 aromatic rings. The van der Waals surface area contributed by atoms with Crippen LogP contribution >= 0.6 is 0 Å². The van der Waals surface area contributed by atoms with E-state index in [1.54, 1.807) is 23.3 Å². The van der Waals surface area contributed by atoms with Crippen LogP contribution in [0, 0.1) is 12.8 Å². The quantitative estimate of drug-likeness (QED) is 0.910. The van der Waals surface area contributed by atoms with E-state index in [4.69, 9.17) is 4.74 Å². The van der Waals surface area contributed by atoms with Gasteiger partial charge in [0.05, 0.1) is 30.5 Å². The fraction of sp³-hybridized carbons (Fsp3) is 0.471. The van der Waals surface area contributed by atoms with Gasteiger partial charge in [-0.25, -0.2) is 0 Å². The Labute approximate surface area is 135 Å². The zero-order chi connectivity index (χ0) is 16.2. The zero-order valence-electron chi connectivity index (χ0n) is 13.5. The van der Waals surface area contributed by atoms with Crippen molar-refractivity contribution < 1.29 is 9.53 Å². The van der Waals surface area contributed by atoms with Gasteiger partial charge < -0.3 is 10.1 Å². The van der Waals surface area contributed by atoms with E-state index in [-0.39, 0.29) is 17.9 Å². The van der Waals surface area contributed by atoms with Crippen molar-refractivity contribution in [2.45, 2.75) is 32.9 Å². The largest absolute Gasteiger partial charge is 0.379 e. The number of aromatic nitrogens is 3. The first-order valence-electron chi connectivity index (χ1n) is 7.99. The van der Waals surface area contributed by atoms with Gasteiger partial charge >= 0.3 is 0 Å². The molecular weight excluding hydrogens is 292 g/mol. The highest BCUT2D eigenvalue weighted by molar-refractivity contribution is 5.95. The van der Waals surface area contributed by atoms with Gasteiger partial charge in [-0.15, -0.1) is 0 Å². The summed E-state index contributed by atoms with van der Waals surface area (Å²) in [5, 5.41) is 7.44. The van der Waals surface area contributed by atoms with E-state index in [0.29, 0.717) is 18.8 Å². The highest BCUT2D eigenvalue weighted by atomic mass is 16.5. The molecule has 0 radical (unpaired) electrons. The number of amides is 1. The molecule has 0 aliphatic carbocycles. The molecular formula is C17H22N4O2. The van der Waals surface area contributed by atoms with Crippen LogP contribution < -0.4 is 5.32 Å². The maximum Gasteiger partial charge on any atom is 0.255 e. The molecule has 0 bridgehead atoms. The number of rotatable bonds is 5. The molecule has 0 spiro atoms. The normalized spacial score (nSPS) is 20.6. The van der Waals surface area contributed by atoms with Crippen LogP contribution in [0.3, 0.4) is 0 Å². The number of carbonyl (C=O) groups is 1. The van der Waals surface area contributed by atoms with Crippen LogP contribution in [0.2, 0.25) is 0 Å². The summed E-state index contributed by atoms with van der Waals surface area (Å²) in [6, 6.07) is 4.04. The minimum absolute atomic E-state index is 0.0278. The Bertz CT molecular complexity index is 668. The number of carbonyl (C=O) groups excluding carboxylic acids is 1. The van der Waals surface area contributed by atoms with Crippen LogP contribution in [-0.4, -0.2) is 39.9 Å². The van der Waals surface area contributed by atoms with Gasteiger partial charge in [0, 0.05) is 31.1 Å². The van der Waals surface area contributed by atoms with Gasteiger partial charge in [-0.2, -0.15) is 5.10 Å². The van der Waals surface area contributed by atoms with E-state index in [1.807, 2.05) is 26.0 Å². The fourth-order valence-corrected chi connectivity index (χ4v) is 2.93. The second-order valence-corrected chi connectivity index (χ2v) is 5.92. The Morgan fingerprint density at radius 2 is 2.17 bits per heavy atom. The first-order valence-corrected chi connectivity index (χ1v) is 7.99. The van der Waals surface area contributed by atoms with E-state index < -0.39 is 0 Å². The Morgan fingerprint density at radius 3 is 2.87 bits per heavy atom. The molecule has 2 atom stereocenters. The van der Waals surface area contributed by atoms with Crippen molar-refractivity contribution in [3.8, 4) is 0 Å². The SMILES string of the molecule is CCn1cc(C(=O)NC2COCC2Cc2ccncc2)c(C)n1. The van der Waals surface area contributed by atoms with Gasteiger partial charge in [-0.3, -0.25) is 14.5 Å². The highest BCUT2D eigenvalue weighted by Crippen LogP contribution is 2.19. The van der Waals surface area contributed by atoms with Gasteiger partial charge in [0.25, 0.3) is 5.91 Å². The molecule has 1 aliphatic rings. The van der Waals surface area contributed by atoms with Crippen molar-refractivity contribution in [3.63, 3.8) is 0 Å². The Balaban J connectivity index is 1.66. The monoisotopic (exact) mass is 314 g/mol. The van der Waals surface area contributed by atoms with E-state index in [1.165, 1.54) is 5.56 Å². The van der Waals surface area contributed by atoms with E-state index >= 15 is 0 Å². The van der Waals surface area contributed by atoms with Gasteiger partial charge in [0.15, 0.2) is 0 Å². The number of hydrogen-bond donors (Lipinski definition) is 1. The minimum atomic E-state index is -0.0718. The third-order valence-corrected chi connectivity index (χ3v) is 4.28. The Hall–Kier alpha value is -2.21. The second kappa shape index (κ2) is 6.91. The molecule has 0 saturated carbocycles. The maximum atomic E-state index is 12.5. The average molecular weight is 314 g/mol. The fourth-order valence-electron chi connectivity index (χ4n) is 2.93. The van der Waals surface area contributed by atoms with E-state index in [2.05, 4.69) is 15.4 Å². The maximum absolute atomic E-state index is 12.5. The van der Waals surface area contributed by atoms with Crippen LogP contribution in [0.25, 0.3) is 0 Å². The van der Waals surface area contributed by atoms with Crippen LogP contribution in [0.5, 0.6) is 0 Å². The smallest absolute Gasteiger partial charge is 0.255 e. The number of ether oxygens (including phenoxy) is 1. The van der Waals surface area contributed by atoms with Gasteiger partial charge in [0.2, 0.25) is 0 Å². The summed E-state index contributed by atoms with van der Waals surface area (Å²) in [5.41, 5.74) is 2.61. The highest BCUT2D eigenvalue weighted by Gasteiger charge is 2.30. The molecule has 6 nitrogen and oxygen atoms in total. The zero-order valence-corrected chi connectivity index (χ0v) is 13.5. The van der Waals surface area contributed by atoms with Crippen molar-refractivity contribution in [3.05, 3.63) is 47.5 Å². The summed E-state index contributed by atoms with van der Waals surface area (Å²) >= 11 is 0. The molecule has 1 fully saturated rings. The van der Waals surface area contributed by atoms with Crippen molar-refractivity contribution in [2.24, 2.45) is 5.92 Å². The summed E-state index contributed by atoms with van der Waals surface area (Å²) in [6.07, 6.45) is 6.27. The van der Waals surface area contributed by atoms with Crippen LogP contribution in [0.4, 0.5) is 0 Å². The van der Waals surface area contributed by atoms with Gasteiger partial charge in [-0.05, 0) is 38.0 Å². The van der Waals surface area contributed by atoms with E-state index in [0.717, 1.165) is 18.7 Å². The van der Waals surface area contributed by atoms with Gasteiger partial charge in [0.1, 0.15) is 0 Å². The second-order valence-electron chi connectivity index (χ2n) is 5.92. The third-order valence-electron chi connectivity index (χ3n) is 4.28. The lowest BCUT2D eigenvalue weighted by atomic mass is 9.95. The minimum Gasteiger partial charge on any atom is -0.379 e. The molecule has 0 aromatic carbocycles. The van der Waals surface area contributed by atoms with Crippen LogP contribution in [0.1, 0.15) is 28.5 Å². The summed E-state index contributed by atoms with van der Waals surface area (Å²) in [7, 11) is 0. The third kappa shape index (κ3) is 3.59. The number of nitrogens with zero attached hydrogens (tertiary/aromatic N) is 3. The molecule has 2 aromatic heterocycles. The molecule has 2 unspecified atom stereocenters. The van der Waals surface area contributed by atoms with Crippen molar-refractivity contribution in [1.82, 2.24) is 20.1 Å². The number of pyridine rings is 1. The molecule has 6 heteroatoms. The molecule has 1 N–H and O–H groups in total. The predicted molar refractivity (Wildman–Crippen MR) is 86.1 cm³/mol. The summed E-state index contributed by atoms with van der Waals surface area (Å²) in [5.74, 6) is 0.209. The van der Waals surface area contributed by atoms with Crippen molar-refractivity contribution in [1.29, 1.82) is 0 Å². The molecule has 3 heterocycles. The Kier molecular flexibility index (Phi) is 4.71. The molecule has 23 heavy (non-hydrogen) atoms. The summed E-state index contributed by atoms with van der Waals surface area (Å²) in [6.45, 7) is 5.85. The Morgan fingerprint density at radius 1 is 1.39 bits per heavy atom. The lowest BCUT2D eigenvalue weighted by Crippen LogP contribution is -2.40. The molecule has 122 valence electrons. The van der Waals surface area contributed by atoms with Crippen molar-refractivity contribution >= 4 is 5.91 Å². The van der Waals surface area contributed by atoms with Gasteiger partial charge in [-0.1, -0.05) is 0 Å². The summed E-state index contributed by atoms with van der Waals surface area (Å²) < 4.78 is 7.37. The molecule has 1 amide bonds. The van der Waals surface area contributed by atoms with E-state index in [9.17, 15) is 4.79 Å². The lowest BCUT2D eigenvalue weighted by molar-refractivity contribution is 0.0924. The molecule has 3 rings (SSSR count). The van der Waals surface area contributed by atoms with Crippen LogP contribution in [0.15, 0.2) is 30.7 Å². The molecule has 1 aliphatic heterocycles. The number of aryl methyl sites for hydroxylation is 2. The van der Waals surface area contributed by atoms with Crippen LogP contribution in [-0.2, 0) is 17.7 Å². The first kappa shape index (κ1) is 15.7.